The van der Waals surface area contributed by atoms with Crippen molar-refractivity contribution in [1.82, 2.24) is 0 Å². The minimum atomic E-state index is 0.0685. The summed E-state index contributed by atoms with van der Waals surface area (Å²) >= 11 is 4.13. The van der Waals surface area contributed by atoms with Crippen molar-refractivity contribution in [2.24, 2.45) is 5.73 Å². The lowest BCUT2D eigenvalue weighted by Crippen LogP contribution is -2.11. The predicted molar refractivity (Wildman–Crippen MR) is 52.0 cm³/mol. The lowest BCUT2D eigenvalue weighted by molar-refractivity contribution is 0.834. The van der Waals surface area contributed by atoms with Crippen molar-refractivity contribution in [3.63, 3.8) is 0 Å². The highest BCUT2D eigenvalue weighted by Crippen LogP contribution is 2.11. The summed E-state index contributed by atoms with van der Waals surface area (Å²) in [7, 11) is 0. The van der Waals surface area contributed by atoms with Gasteiger partial charge in [0.15, 0.2) is 0 Å². The molecule has 0 fully saturated rings. The summed E-state index contributed by atoms with van der Waals surface area (Å²) in [5, 5.41) is 0. The highest BCUT2D eigenvalue weighted by atomic mass is 32.1. The van der Waals surface area contributed by atoms with E-state index >= 15 is 0 Å². The van der Waals surface area contributed by atoms with Crippen LogP contribution in [0.2, 0.25) is 0 Å². The Kier molecular flexibility index (Phi) is 2.97. The molecule has 0 aliphatic carbocycles. The molecule has 0 aromatic heterocycles. The van der Waals surface area contributed by atoms with E-state index in [4.69, 9.17) is 5.73 Å². The van der Waals surface area contributed by atoms with Crippen molar-refractivity contribution in [1.29, 1.82) is 0 Å². The van der Waals surface area contributed by atoms with E-state index in [1.54, 1.807) is 0 Å². The van der Waals surface area contributed by atoms with Gasteiger partial charge in [0.05, 0.1) is 0 Å². The molecule has 1 rings (SSSR count). The molecule has 2 heteroatoms. The van der Waals surface area contributed by atoms with Crippen LogP contribution in [0.15, 0.2) is 24.3 Å². The number of hydrogen-bond acceptors (Lipinski definition) is 2. The van der Waals surface area contributed by atoms with E-state index in [1.165, 1.54) is 5.56 Å². The Hall–Kier alpha value is -0.470. The second kappa shape index (κ2) is 3.79. The predicted octanol–water partition coefficient (Wildman–Crippen LogP) is 1.92. The van der Waals surface area contributed by atoms with Gasteiger partial charge < -0.3 is 5.73 Å². The molecule has 11 heavy (non-hydrogen) atoms. The molecular weight excluding hydrogens is 154 g/mol. The number of thiol groups is 1. The Balaban J connectivity index is 2.81. The summed E-state index contributed by atoms with van der Waals surface area (Å²) in [5.74, 6) is 0.697. The first-order valence-corrected chi connectivity index (χ1v) is 4.30. The third-order valence-electron chi connectivity index (χ3n) is 1.70. The fourth-order valence-electron chi connectivity index (χ4n) is 0.919. The van der Waals surface area contributed by atoms with E-state index in [0.29, 0.717) is 5.75 Å². The first-order valence-electron chi connectivity index (χ1n) is 3.67. The van der Waals surface area contributed by atoms with Crippen molar-refractivity contribution < 1.29 is 0 Å². The topological polar surface area (TPSA) is 26.0 Å². The van der Waals surface area contributed by atoms with Gasteiger partial charge in [0.1, 0.15) is 0 Å². The van der Waals surface area contributed by atoms with Crippen LogP contribution in [0.4, 0.5) is 0 Å². The molecule has 0 spiro atoms. The van der Waals surface area contributed by atoms with E-state index < -0.39 is 0 Å². The fourth-order valence-corrected chi connectivity index (χ4v) is 1.13. The Morgan fingerprint density at radius 2 is 1.91 bits per heavy atom. The lowest BCUT2D eigenvalue weighted by Gasteiger charge is -2.07. The molecule has 1 aromatic rings. The van der Waals surface area contributed by atoms with E-state index in [9.17, 15) is 0 Å². The first kappa shape index (κ1) is 8.62. The molecule has 1 atom stereocenters. The molecule has 0 amide bonds. The van der Waals surface area contributed by atoms with E-state index in [-0.39, 0.29) is 6.04 Å². The van der Waals surface area contributed by atoms with Crippen molar-refractivity contribution >= 4 is 12.6 Å². The Morgan fingerprint density at radius 1 is 1.36 bits per heavy atom. The van der Waals surface area contributed by atoms with Crippen LogP contribution in [0.5, 0.6) is 0 Å². The average molecular weight is 167 g/mol. The number of hydrogen-bond donors (Lipinski definition) is 2. The number of nitrogens with two attached hydrogens (primary N) is 1. The maximum atomic E-state index is 5.77. The molecule has 0 heterocycles. The van der Waals surface area contributed by atoms with E-state index in [1.807, 2.05) is 0 Å². The molecule has 0 bridgehead atoms. The lowest BCUT2D eigenvalue weighted by atomic mass is 10.1. The zero-order valence-corrected chi connectivity index (χ0v) is 7.51. The summed E-state index contributed by atoms with van der Waals surface area (Å²) in [6.45, 7) is 2.07. The van der Waals surface area contributed by atoms with Gasteiger partial charge in [0.25, 0.3) is 0 Å². The van der Waals surface area contributed by atoms with Crippen LogP contribution < -0.4 is 5.73 Å². The van der Waals surface area contributed by atoms with E-state index in [0.717, 1.165) is 5.56 Å². The van der Waals surface area contributed by atoms with Gasteiger partial charge in [0, 0.05) is 11.8 Å². The van der Waals surface area contributed by atoms with Gasteiger partial charge in [-0.2, -0.15) is 12.6 Å². The van der Waals surface area contributed by atoms with Gasteiger partial charge >= 0.3 is 0 Å². The summed E-state index contributed by atoms with van der Waals surface area (Å²) in [5.41, 5.74) is 8.19. The van der Waals surface area contributed by atoms with Crippen LogP contribution in [0.25, 0.3) is 0 Å². The molecule has 1 unspecified atom stereocenters. The quantitative estimate of drug-likeness (QED) is 0.647. The van der Waals surface area contributed by atoms with Gasteiger partial charge in [0.2, 0.25) is 0 Å². The standard InChI is InChI=1S/C9H13NS/c1-7-2-4-8(5-3-7)9(10)6-11/h2-5,9,11H,6,10H2,1H3. The van der Waals surface area contributed by atoms with Crippen molar-refractivity contribution in [3.05, 3.63) is 35.4 Å². The molecule has 1 nitrogen and oxygen atoms in total. The second-order valence-corrected chi connectivity index (χ2v) is 3.06. The van der Waals surface area contributed by atoms with Crippen LogP contribution >= 0.6 is 12.6 Å². The number of benzene rings is 1. The molecule has 2 N–H and O–H groups in total. The van der Waals surface area contributed by atoms with Crippen molar-refractivity contribution in [3.8, 4) is 0 Å². The highest BCUT2D eigenvalue weighted by Gasteiger charge is 2.00. The average Bonchev–Trinajstić information content (AvgIpc) is 2.05. The minimum Gasteiger partial charge on any atom is -0.323 e. The van der Waals surface area contributed by atoms with Crippen LogP contribution in [0.3, 0.4) is 0 Å². The third kappa shape index (κ3) is 2.24. The molecule has 0 radical (unpaired) electrons. The zero-order valence-electron chi connectivity index (χ0n) is 6.62. The number of aryl methyl sites for hydroxylation is 1. The van der Waals surface area contributed by atoms with Gasteiger partial charge in [-0.05, 0) is 12.5 Å². The molecule has 0 aliphatic heterocycles. The Labute approximate surface area is 73.0 Å². The summed E-state index contributed by atoms with van der Waals surface area (Å²) in [4.78, 5) is 0. The number of rotatable bonds is 2. The monoisotopic (exact) mass is 167 g/mol. The molecule has 0 saturated carbocycles. The van der Waals surface area contributed by atoms with Crippen molar-refractivity contribution in [2.45, 2.75) is 13.0 Å². The molecule has 0 saturated heterocycles. The highest BCUT2D eigenvalue weighted by molar-refractivity contribution is 7.80. The van der Waals surface area contributed by atoms with Crippen LogP contribution in [0.1, 0.15) is 17.2 Å². The SMILES string of the molecule is Cc1ccc(C(N)CS)cc1. The minimum absolute atomic E-state index is 0.0685. The van der Waals surface area contributed by atoms with Crippen LogP contribution in [-0.4, -0.2) is 5.75 Å². The second-order valence-electron chi connectivity index (χ2n) is 2.70. The molecular formula is C9H13NS. The summed E-state index contributed by atoms with van der Waals surface area (Å²) < 4.78 is 0. The Morgan fingerprint density at radius 3 is 2.36 bits per heavy atom. The van der Waals surface area contributed by atoms with Gasteiger partial charge in [-0.25, -0.2) is 0 Å². The smallest absolute Gasteiger partial charge is 0.0384 e. The zero-order chi connectivity index (χ0) is 8.27. The van der Waals surface area contributed by atoms with Gasteiger partial charge in [-0.1, -0.05) is 29.8 Å². The Bertz CT molecular complexity index is 218. The van der Waals surface area contributed by atoms with Gasteiger partial charge in [-0.3, -0.25) is 0 Å². The van der Waals surface area contributed by atoms with Crippen molar-refractivity contribution in [2.75, 3.05) is 5.75 Å². The fraction of sp³-hybridized carbons (Fsp3) is 0.333. The molecule has 1 aromatic carbocycles. The molecule has 0 aliphatic rings. The van der Waals surface area contributed by atoms with E-state index in [2.05, 4.69) is 43.8 Å². The van der Waals surface area contributed by atoms with Crippen LogP contribution in [0, 0.1) is 6.92 Å². The maximum absolute atomic E-state index is 5.77. The first-order chi connectivity index (χ1) is 5.24. The molecule has 60 valence electrons. The third-order valence-corrected chi connectivity index (χ3v) is 2.10. The normalized spacial score (nSPS) is 13.0. The largest absolute Gasteiger partial charge is 0.323 e. The van der Waals surface area contributed by atoms with Crippen LogP contribution in [-0.2, 0) is 0 Å². The summed E-state index contributed by atoms with van der Waals surface area (Å²) in [6.07, 6.45) is 0. The summed E-state index contributed by atoms with van der Waals surface area (Å²) in [6, 6.07) is 8.31. The maximum Gasteiger partial charge on any atom is 0.0384 e. The van der Waals surface area contributed by atoms with Gasteiger partial charge in [-0.15, -0.1) is 0 Å².